The Kier molecular flexibility index (Phi) is 5.51. The second-order valence-corrected chi connectivity index (χ2v) is 4.38. The molecule has 0 aromatic heterocycles. The van der Waals surface area contributed by atoms with Crippen LogP contribution in [0.25, 0.3) is 0 Å². The van der Waals surface area contributed by atoms with Crippen molar-refractivity contribution in [3.05, 3.63) is 28.2 Å². The molecule has 0 heterocycles. The Hall–Kier alpha value is -1.19. The highest BCUT2D eigenvalue weighted by atomic mass is 79.9. The van der Waals surface area contributed by atoms with Crippen molar-refractivity contribution < 1.29 is 17.9 Å². The molecule has 0 amide bonds. The SMILES string of the molecule is C#CCOc1ccc(Br)cc1CNCC(F)(F)F. The van der Waals surface area contributed by atoms with Crippen LogP contribution in [0.2, 0.25) is 0 Å². The van der Waals surface area contributed by atoms with Crippen LogP contribution in [0.3, 0.4) is 0 Å². The number of nitrogens with one attached hydrogen (secondary N) is 1. The first kappa shape index (κ1) is 14.9. The summed E-state index contributed by atoms with van der Waals surface area (Å²) in [7, 11) is 0. The molecule has 6 heteroatoms. The summed E-state index contributed by atoms with van der Waals surface area (Å²) in [4.78, 5) is 0. The minimum atomic E-state index is -4.23. The summed E-state index contributed by atoms with van der Waals surface area (Å²) in [5.41, 5.74) is 0.615. The fraction of sp³-hybridized carbons (Fsp3) is 0.333. The van der Waals surface area contributed by atoms with Crippen LogP contribution in [0.1, 0.15) is 5.56 Å². The molecule has 0 atom stereocenters. The number of benzene rings is 1. The van der Waals surface area contributed by atoms with Crippen LogP contribution in [-0.2, 0) is 6.54 Å². The number of terminal acetylenes is 1. The monoisotopic (exact) mass is 321 g/mol. The molecule has 0 spiro atoms. The van der Waals surface area contributed by atoms with Crippen LogP contribution in [0.15, 0.2) is 22.7 Å². The highest BCUT2D eigenvalue weighted by molar-refractivity contribution is 9.10. The maximum atomic E-state index is 12.0. The second kappa shape index (κ2) is 6.66. The van der Waals surface area contributed by atoms with Gasteiger partial charge in [-0.05, 0) is 18.2 Å². The van der Waals surface area contributed by atoms with Gasteiger partial charge in [0.25, 0.3) is 0 Å². The molecule has 98 valence electrons. The summed E-state index contributed by atoms with van der Waals surface area (Å²) in [5, 5.41) is 2.31. The summed E-state index contributed by atoms with van der Waals surface area (Å²) in [6, 6.07) is 5.08. The fourth-order valence-electron chi connectivity index (χ4n) is 1.29. The van der Waals surface area contributed by atoms with Crippen LogP contribution in [0, 0.1) is 12.3 Å². The molecule has 0 unspecified atom stereocenters. The summed E-state index contributed by atoms with van der Waals surface area (Å²) >= 11 is 3.25. The average molecular weight is 322 g/mol. The van der Waals surface area contributed by atoms with Crippen molar-refractivity contribution in [2.75, 3.05) is 13.2 Å². The zero-order valence-electron chi connectivity index (χ0n) is 9.35. The minimum Gasteiger partial charge on any atom is -0.481 e. The number of rotatable bonds is 5. The second-order valence-electron chi connectivity index (χ2n) is 3.46. The van der Waals surface area contributed by atoms with Gasteiger partial charge in [0, 0.05) is 16.6 Å². The van der Waals surface area contributed by atoms with Gasteiger partial charge in [0.2, 0.25) is 0 Å². The molecule has 0 fully saturated rings. The van der Waals surface area contributed by atoms with E-state index < -0.39 is 12.7 Å². The number of hydrogen-bond acceptors (Lipinski definition) is 2. The van der Waals surface area contributed by atoms with E-state index in [2.05, 4.69) is 27.2 Å². The normalized spacial score (nSPS) is 11.1. The number of ether oxygens (including phenoxy) is 1. The summed E-state index contributed by atoms with van der Waals surface area (Å²) < 4.78 is 42.0. The maximum absolute atomic E-state index is 12.0. The standard InChI is InChI=1S/C12H11BrF3NO/c1-2-5-18-11-4-3-10(13)6-9(11)7-17-8-12(14,15)16/h1,3-4,6,17H,5,7-8H2. The van der Waals surface area contributed by atoms with Crippen molar-refractivity contribution in [3.63, 3.8) is 0 Å². The molecule has 0 radical (unpaired) electrons. The van der Waals surface area contributed by atoms with Crippen molar-refractivity contribution in [3.8, 4) is 18.1 Å². The lowest BCUT2D eigenvalue weighted by molar-refractivity contribution is -0.125. The third-order valence-corrected chi connectivity index (χ3v) is 2.47. The first-order valence-electron chi connectivity index (χ1n) is 5.04. The average Bonchev–Trinajstić information content (AvgIpc) is 2.26. The Morgan fingerprint density at radius 3 is 2.72 bits per heavy atom. The number of alkyl halides is 3. The van der Waals surface area contributed by atoms with E-state index in [-0.39, 0.29) is 13.2 Å². The fourth-order valence-corrected chi connectivity index (χ4v) is 1.69. The smallest absolute Gasteiger partial charge is 0.401 e. The van der Waals surface area contributed by atoms with Crippen LogP contribution in [0.4, 0.5) is 13.2 Å². The molecule has 0 aliphatic rings. The van der Waals surface area contributed by atoms with Crippen molar-refractivity contribution in [2.24, 2.45) is 0 Å². The Labute approximate surface area is 112 Å². The molecule has 1 rings (SSSR count). The quantitative estimate of drug-likeness (QED) is 0.841. The van der Waals surface area contributed by atoms with E-state index in [9.17, 15) is 13.2 Å². The molecule has 0 bridgehead atoms. The lowest BCUT2D eigenvalue weighted by Crippen LogP contribution is -2.28. The first-order valence-corrected chi connectivity index (χ1v) is 5.84. The van der Waals surface area contributed by atoms with Gasteiger partial charge in [0.05, 0.1) is 6.54 Å². The van der Waals surface area contributed by atoms with Crippen molar-refractivity contribution >= 4 is 15.9 Å². The predicted molar refractivity (Wildman–Crippen MR) is 66.2 cm³/mol. The maximum Gasteiger partial charge on any atom is 0.401 e. The zero-order chi connectivity index (χ0) is 13.6. The molecule has 0 aliphatic carbocycles. The van der Waals surface area contributed by atoms with Gasteiger partial charge in [-0.15, -0.1) is 6.42 Å². The molecule has 18 heavy (non-hydrogen) atoms. The lowest BCUT2D eigenvalue weighted by atomic mass is 10.2. The summed E-state index contributed by atoms with van der Waals surface area (Å²) in [6.07, 6.45) is 0.835. The third-order valence-electron chi connectivity index (χ3n) is 1.97. The van der Waals surface area contributed by atoms with Gasteiger partial charge in [-0.25, -0.2) is 0 Å². The Morgan fingerprint density at radius 2 is 2.11 bits per heavy atom. The van der Waals surface area contributed by atoms with E-state index >= 15 is 0 Å². The van der Waals surface area contributed by atoms with E-state index in [4.69, 9.17) is 11.2 Å². The molecule has 1 N–H and O–H groups in total. The molecule has 0 saturated carbocycles. The molecule has 2 nitrogen and oxygen atoms in total. The predicted octanol–water partition coefficient (Wildman–Crippen LogP) is 3.11. The molecule has 0 saturated heterocycles. The minimum absolute atomic E-state index is 0.0544. The van der Waals surface area contributed by atoms with E-state index in [1.807, 2.05) is 0 Å². The third kappa shape index (κ3) is 5.43. The molecular formula is C12H11BrF3NO. The summed E-state index contributed by atoms with van der Waals surface area (Å²) in [5.74, 6) is 2.78. The first-order chi connectivity index (χ1) is 8.42. The van der Waals surface area contributed by atoms with Crippen molar-refractivity contribution in [1.29, 1.82) is 0 Å². The van der Waals surface area contributed by atoms with Crippen LogP contribution >= 0.6 is 15.9 Å². The van der Waals surface area contributed by atoms with Gasteiger partial charge in [0.15, 0.2) is 0 Å². The van der Waals surface area contributed by atoms with Crippen LogP contribution in [0.5, 0.6) is 5.75 Å². The molecule has 1 aromatic rings. The number of hydrogen-bond donors (Lipinski definition) is 1. The Bertz CT molecular complexity index is 440. The van der Waals surface area contributed by atoms with E-state index in [0.29, 0.717) is 11.3 Å². The molecule has 1 aromatic carbocycles. The Morgan fingerprint density at radius 1 is 1.39 bits per heavy atom. The van der Waals surface area contributed by atoms with Crippen LogP contribution < -0.4 is 10.1 Å². The van der Waals surface area contributed by atoms with E-state index in [0.717, 1.165) is 4.47 Å². The van der Waals surface area contributed by atoms with E-state index in [1.54, 1.807) is 18.2 Å². The number of halogens is 4. The van der Waals surface area contributed by atoms with Gasteiger partial charge < -0.3 is 10.1 Å². The van der Waals surface area contributed by atoms with Crippen molar-refractivity contribution in [1.82, 2.24) is 5.32 Å². The van der Waals surface area contributed by atoms with Crippen LogP contribution in [-0.4, -0.2) is 19.3 Å². The Balaban J connectivity index is 2.67. The van der Waals surface area contributed by atoms with Gasteiger partial charge in [0.1, 0.15) is 12.4 Å². The highest BCUT2D eigenvalue weighted by Crippen LogP contribution is 2.23. The lowest BCUT2D eigenvalue weighted by Gasteiger charge is -2.12. The van der Waals surface area contributed by atoms with Gasteiger partial charge in [-0.2, -0.15) is 13.2 Å². The largest absolute Gasteiger partial charge is 0.481 e. The molecule has 0 aliphatic heterocycles. The molecular weight excluding hydrogens is 311 g/mol. The van der Waals surface area contributed by atoms with Gasteiger partial charge in [-0.1, -0.05) is 21.9 Å². The van der Waals surface area contributed by atoms with Gasteiger partial charge in [-0.3, -0.25) is 0 Å². The zero-order valence-corrected chi connectivity index (χ0v) is 10.9. The van der Waals surface area contributed by atoms with E-state index in [1.165, 1.54) is 0 Å². The highest BCUT2D eigenvalue weighted by Gasteiger charge is 2.26. The van der Waals surface area contributed by atoms with Gasteiger partial charge >= 0.3 is 6.18 Å². The van der Waals surface area contributed by atoms with Crippen molar-refractivity contribution in [2.45, 2.75) is 12.7 Å². The summed E-state index contributed by atoms with van der Waals surface area (Å²) in [6.45, 7) is -0.916. The topological polar surface area (TPSA) is 21.3 Å².